The first kappa shape index (κ1) is 9.68. The monoisotopic (exact) mass is 158 g/mol. The lowest BCUT2D eigenvalue weighted by atomic mass is 10.4. The first-order valence-corrected chi connectivity index (χ1v) is 3.09. The molecule has 0 aliphatic heterocycles. The van der Waals surface area contributed by atoms with Gasteiger partial charge in [-0.1, -0.05) is 6.58 Å². The van der Waals surface area contributed by atoms with E-state index in [9.17, 15) is 9.59 Å². The van der Waals surface area contributed by atoms with E-state index in [1.807, 2.05) is 0 Å². The highest BCUT2D eigenvalue weighted by Gasteiger charge is 2.03. The lowest BCUT2D eigenvalue weighted by Crippen LogP contribution is -2.17. The highest BCUT2D eigenvalue weighted by Crippen LogP contribution is 1.89. The van der Waals surface area contributed by atoms with Crippen molar-refractivity contribution in [3.63, 3.8) is 0 Å². The van der Waals surface area contributed by atoms with Gasteiger partial charge in [-0.15, -0.1) is 0 Å². The largest absolute Gasteiger partial charge is 0.461 e. The molecule has 1 unspecified atom stereocenters. The van der Waals surface area contributed by atoms with Gasteiger partial charge in [0.15, 0.2) is 0 Å². The van der Waals surface area contributed by atoms with Gasteiger partial charge in [0.1, 0.15) is 12.7 Å². The van der Waals surface area contributed by atoms with Crippen LogP contribution in [0.2, 0.25) is 0 Å². The lowest BCUT2D eigenvalue weighted by molar-refractivity contribution is -0.146. The fourth-order valence-corrected chi connectivity index (χ4v) is 0.393. The van der Waals surface area contributed by atoms with E-state index in [-0.39, 0.29) is 6.61 Å². The first-order valence-electron chi connectivity index (χ1n) is 3.09. The van der Waals surface area contributed by atoms with E-state index in [0.29, 0.717) is 6.47 Å². The number of rotatable bonds is 5. The van der Waals surface area contributed by atoms with E-state index < -0.39 is 12.1 Å². The standard InChI is InChI=1S/C7H10O4/c1-3-7(9)10-4-6(2)11-5-8/h3,5-6H,1,4H2,2H3. The zero-order valence-electron chi connectivity index (χ0n) is 6.28. The van der Waals surface area contributed by atoms with Gasteiger partial charge in [0.25, 0.3) is 6.47 Å². The summed E-state index contributed by atoms with van der Waals surface area (Å²) in [6.07, 6.45) is 0.643. The van der Waals surface area contributed by atoms with Gasteiger partial charge in [-0.05, 0) is 6.92 Å². The molecule has 0 saturated heterocycles. The normalized spacial score (nSPS) is 11.4. The van der Waals surface area contributed by atoms with Crippen LogP contribution in [0.4, 0.5) is 0 Å². The fourth-order valence-electron chi connectivity index (χ4n) is 0.393. The maximum atomic E-state index is 10.4. The van der Waals surface area contributed by atoms with E-state index in [1.165, 1.54) is 0 Å². The molecule has 0 aromatic heterocycles. The summed E-state index contributed by atoms with van der Waals surface area (Å²) in [6, 6.07) is 0. The van der Waals surface area contributed by atoms with Gasteiger partial charge < -0.3 is 9.47 Å². The minimum atomic E-state index is -0.522. The third-order valence-corrected chi connectivity index (χ3v) is 0.915. The van der Waals surface area contributed by atoms with Gasteiger partial charge in [0.2, 0.25) is 0 Å². The third-order valence-electron chi connectivity index (χ3n) is 0.915. The molecule has 0 radical (unpaired) electrons. The summed E-state index contributed by atoms with van der Waals surface area (Å²) in [5.41, 5.74) is 0. The molecule has 0 aromatic rings. The molecular formula is C7H10O4. The van der Waals surface area contributed by atoms with Gasteiger partial charge in [-0.3, -0.25) is 4.79 Å². The Balaban J connectivity index is 3.44. The number of carbonyl (C=O) groups excluding carboxylic acids is 2. The van der Waals surface area contributed by atoms with Gasteiger partial charge in [-0.2, -0.15) is 0 Å². The van der Waals surface area contributed by atoms with Gasteiger partial charge in [-0.25, -0.2) is 4.79 Å². The van der Waals surface area contributed by atoms with Crippen LogP contribution in [0.15, 0.2) is 12.7 Å². The Kier molecular flexibility index (Phi) is 4.81. The Morgan fingerprint density at radius 1 is 1.73 bits per heavy atom. The predicted molar refractivity (Wildman–Crippen MR) is 37.8 cm³/mol. The summed E-state index contributed by atoms with van der Waals surface area (Å²) in [5, 5.41) is 0. The average Bonchev–Trinajstić information content (AvgIpc) is 2.01. The highest BCUT2D eigenvalue weighted by atomic mass is 16.6. The average molecular weight is 158 g/mol. The van der Waals surface area contributed by atoms with Crippen LogP contribution in [-0.4, -0.2) is 25.2 Å². The number of esters is 1. The second-order valence-electron chi connectivity index (χ2n) is 1.88. The van der Waals surface area contributed by atoms with Crippen molar-refractivity contribution in [3.05, 3.63) is 12.7 Å². The maximum Gasteiger partial charge on any atom is 0.330 e. The zero-order valence-corrected chi connectivity index (χ0v) is 6.28. The van der Waals surface area contributed by atoms with Crippen LogP contribution < -0.4 is 0 Å². The number of carbonyl (C=O) groups is 2. The van der Waals surface area contributed by atoms with Gasteiger partial charge in [0, 0.05) is 6.08 Å². The van der Waals surface area contributed by atoms with E-state index in [2.05, 4.69) is 16.1 Å². The van der Waals surface area contributed by atoms with Crippen LogP contribution >= 0.6 is 0 Å². The molecule has 0 rings (SSSR count). The minimum absolute atomic E-state index is 0.0591. The fraction of sp³-hybridized carbons (Fsp3) is 0.429. The van der Waals surface area contributed by atoms with E-state index >= 15 is 0 Å². The van der Waals surface area contributed by atoms with Crippen LogP contribution in [0.1, 0.15) is 6.92 Å². The van der Waals surface area contributed by atoms with Crippen molar-refractivity contribution >= 4 is 12.4 Å². The predicted octanol–water partition coefficient (Wildman–Crippen LogP) is 0.277. The third kappa shape index (κ3) is 5.14. The van der Waals surface area contributed by atoms with Gasteiger partial charge >= 0.3 is 5.97 Å². The molecule has 0 bridgehead atoms. The number of hydrogen-bond acceptors (Lipinski definition) is 4. The lowest BCUT2D eigenvalue weighted by Gasteiger charge is -2.07. The van der Waals surface area contributed by atoms with Crippen LogP contribution in [-0.2, 0) is 19.1 Å². The molecule has 0 aliphatic rings. The van der Waals surface area contributed by atoms with Crippen LogP contribution in [0.5, 0.6) is 0 Å². The van der Waals surface area contributed by atoms with Crippen molar-refractivity contribution in [2.75, 3.05) is 6.61 Å². The summed E-state index contributed by atoms with van der Waals surface area (Å²) < 4.78 is 9.01. The molecule has 62 valence electrons. The van der Waals surface area contributed by atoms with Crippen molar-refractivity contribution in [3.8, 4) is 0 Å². The molecule has 1 atom stereocenters. The Hall–Kier alpha value is -1.32. The molecule has 0 aromatic carbocycles. The second kappa shape index (κ2) is 5.46. The summed E-state index contributed by atoms with van der Waals surface area (Å²) in [5.74, 6) is -0.522. The maximum absolute atomic E-state index is 10.4. The summed E-state index contributed by atoms with van der Waals surface area (Å²) in [7, 11) is 0. The molecule has 0 aliphatic carbocycles. The second-order valence-corrected chi connectivity index (χ2v) is 1.88. The van der Waals surface area contributed by atoms with Crippen LogP contribution in [0.3, 0.4) is 0 Å². The van der Waals surface area contributed by atoms with Crippen molar-refractivity contribution in [1.29, 1.82) is 0 Å². The Morgan fingerprint density at radius 3 is 2.82 bits per heavy atom. The summed E-state index contributed by atoms with van der Waals surface area (Å²) >= 11 is 0. The zero-order chi connectivity index (χ0) is 8.69. The van der Waals surface area contributed by atoms with E-state index in [0.717, 1.165) is 6.08 Å². The molecule has 0 spiro atoms. The van der Waals surface area contributed by atoms with Crippen molar-refractivity contribution < 1.29 is 19.1 Å². The molecule has 0 heterocycles. The van der Waals surface area contributed by atoms with Crippen LogP contribution in [0.25, 0.3) is 0 Å². The summed E-state index contributed by atoms with van der Waals surface area (Å²) in [6.45, 7) is 5.19. The quantitative estimate of drug-likeness (QED) is 0.327. The molecule has 0 fully saturated rings. The molecule has 0 saturated carbocycles. The molecule has 0 amide bonds. The summed E-state index contributed by atoms with van der Waals surface area (Å²) in [4.78, 5) is 20.2. The molecular weight excluding hydrogens is 148 g/mol. The van der Waals surface area contributed by atoms with Crippen molar-refractivity contribution in [1.82, 2.24) is 0 Å². The first-order chi connectivity index (χ1) is 5.20. The van der Waals surface area contributed by atoms with Crippen molar-refractivity contribution in [2.45, 2.75) is 13.0 Å². The minimum Gasteiger partial charge on any atom is -0.461 e. The van der Waals surface area contributed by atoms with Crippen LogP contribution in [0, 0.1) is 0 Å². The molecule has 0 N–H and O–H groups in total. The van der Waals surface area contributed by atoms with E-state index in [4.69, 9.17) is 0 Å². The Labute approximate surface area is 64.8 Å². The SMILES string of the molecule is C=CC(=O)OCC(C)OC=O. The molecule has 4 nitrogen and oxygen atoms in total. The smallest absolute Gasteiger partial charge is 0.330 e. The molecule has 11 heavy (non-hydrogen) atoms. The van der Waals surface area contributed by atoms with E-state index in [1.54, 1.807) is 6.92 Å². The topological polar surface area (TPSA) is 52.6 Å². The number of ether oxygens (including phenoxy) is 2. The molecule has 4 heteroatoms. The Morgan fingerprint density at radius 2 is 2.36 bits per heavy atom. The number of hydrogen-bond donors (Lipinski definition) is 0. The Bertz CT molecular complexity index is 153. The van der Waals surface area contributed by atoms with Crippen molar-refractivity contribution in [2.24, 2.45) is 0 Å². The van der Waals surface area contributed by atoms with Gasteiger partial charge in [0.05, 0.1) is 0 Å². The highest BCUT2D eigenvalue weighted by molar-refractivity contribution is 5.81.